The zero-order valence-corrected chi connectivity index (χ0v) is 16.2. The summed E-state index contributed by atoms with van der Waals surface area (Å²) in [5.74, 6) is -0.205. The summed E-state index contributed by atoms with van der Waals surface area (Å²) in [4.78, 5) is 24.1. The Morgan fingerprint density at radius 2 is 1.96 bits per heavy atom. The lowest BCUT2D eigenvalue weighted by molar-refractivity contribution is -0.142. The Balaban J connectivity index is 2.00. The molecule has 28 heavy (non-hydrogen) atoms. The molecule has 1 heterocycles. The molecule has 9 nitrogen and oxygen atoms in total. The molecular formula is C19H25N5O4. The molecule has 1 aromatic heterocycles. The summed E-state index contributed by atoms with van der Waals surface area (Å²) in [6.07, 6.45) is 4.66. The van der Waals surface area contributed by atoms with Gasteiger partial charge >= 0.3 is 11.9 Å². The van der Waals surface area contributed by atoms with E-state index >= 15 is 0 Å². The van der Waals surface area contributed by atoms with Gasteiger partial charge in [0.2, 0.25) is 0 Å². The van der Waals surface area contributed by atoms with Crippen molar-refractivity contribution < 1.29 is 19.1 Å². The molecule has 0 atom stereocenters. The predicted octanol–water partition coefficient (Wildman–Crippen LogP) is 1.76. The number of hydrogen-bond donors (Lipinski definition) is 1. The van der Waals surface area contributed by atoms with Gasteiger partial charge in [-0.15, -0.1) is 5.10 Å². The maximum atomic E-state index is 12.2. The molecular weight excluding hydrogens is 362 g/mol. The van der Waals surface area contributed by atoms with Crippen LogP contribution in [0.5, 0.6) is 0 Å². The van der Waals surface area contributed by atoms with Crippen LogP contribution in [0.2, 0.25) is 0 Å². The van der Waals surface area contributed by atoms with Gasteiger partial charge in [-0.25, -0.2) is 4.79 Å². The molecule has 150 valence electrons. The van der Waals surface area contributed by atoms with Crippen LogP contribution in [0.15, 0.2) is 24.3 Å². The predicted molar refractivity (Wildman–Crippen MR) is 99.9 cm³/mol. The van der Waals surface area contributed by atoms with Crippen molar-refractivity contribution in [2.75, 3.05) is 20.3 Å². The number of nitrogens with zero attached hydrogens (tertiary/aromatic N) is 4. The SMILES string of the molecule is CCOC(=O)CNC1(c2nnnn2-c2ccccc2C(=O)OC)CCCCC1. The first kappa shape index (κ1) is 19.9. The van der Waals surface area contributed by atoms with E-state index in [0.29, 0.717) is 23.7 Å². The van der Waals surface area contributed by atoms with Crippen molar-refractivity contribution in [1.29, 1.82) is 0 Å². The molecule has 1 fully saturated rings. The molecule has 3 rings (SSSR count). The van der Waals surface area contributed by atoms with Gasteiger partial charge in [0.15, 0.2) is 5.82 Å². The van der Waals surface area contributed by atoms with Crippen molar-refractivity contribution in [3.8, 4) is 5.69 Å². The highest BCUT2D eigenvalue weighted by Gasteiger charge is 2.39. The van der Waals surface area contributed by atoms with E-state index in [0.717, 1.165) is 32.1 Å². The number of esters is 2. The molecule has 9 heteroatoms. The Morgan fingerprint density at radius 3 is 2.68 bits per heavy atom. The highest BCUT2D eigenvalue weighted by atomic mass is 16.5. The number of methoxy groups -OCH3 is 1. The van der Waals surface area contributed by atoms with Gasteiger partial charge in [-0.1, -0.05) is 31.4 Å². The van der Waals surface area contributed by atoms with E-state index in [1.54, 1.807) is 29.8 Å². The standard InChI is InChI=1S/C19H25N5O4/c1-3-28-16(25)13-20-19(11-7-4-8-12-19)18-21-22-23-24(18)15-10-6-5-9-14(15)17(26)27-2/h5-6,9-10,20H,3-4,7-8,11-13H2,1-2H3. The van der Waals surface area contributed by atoms with Gasteiger partial charge in [0, 0.05) is 0 Å². The van der Waals surface area contributed by atoms with Crippen molar-refractivity contribution in [3.63, 3.8) is 0 Å². The molecule has 2 aromatic rings. The third kappa shape index (κ3) is 4.04. The monoisotopic (exact) mass is 387 g/mol. The molecule has 0 saturated heterocycles. The van der Waals surface area contributed by atoms with Crippen LogP contribution in [0.1, 0.15) is 55.2 Å². The summed E-state index contributed by atoms with van der Waals surface area (Å²) >= 11 is 0. The molecule has 1 aromatic carbocycles. The largest absolute Gasteiger partial charge is 0.465 e. The van der Waals surface area contributed by atoms with Gasteiger partial charge < -0.3 is 9.47 Å². The summed E-state index contributed by atoms with van der Waals surface area (Å²) in [5.41, 5.74) is 0.338. The number of rotatable bonds is 7. The molecule has 0 unspecified atom stereocenters. The molecule has 1 N–H and O–H groups in total. The molecule has 0 amide bonds. The fourth-order valence-electron chi connectivity index (χ4n) is 3.68. The van der Waals surface area contributed by atoms with Crippen molar-refractivity contribution in [2.45, 2.75) is 44.6 Å². The smallest absolute Gasteiger partial charge is 0.340 e. The lowest BCUT2D eigenvalue weighted by Crippen LogP contribution is -2.48. The third-order valence-corrected chi connectivity index (χ3v) is 5.02. The fraction of sp³-hybridized carbons (Fsp3) is 0.526. The van der Waals surface area contributed by atoms with Crippen LogP contribution in [0, 0.1) is 0 Å². The van der Waals surface area contributed by atoms with Gasteiger partial charge in [-0.3, -0.25) is 10.1 Å². The normalized spacial score (nSPS) is 15.8. The zero-order valence-electron chi connectivity index (χ0n) is 16.2. The van der Waals surface area contributed by atoms with Gasteiger partial charge in [0.25, 0.3) is 0 Å². The summed E-state index contributed by atoms with van der Waals surface area (Å²) in [6.45, 7) is 2.18. The molecule has 0 radical (unpaired) electrons. The maximum absolute atomic E-state index is 12.2. The summed E-state index contributed by atoms with van der Waals surface area (Å²) < 4.78 is 11.5. The van der Waals surface area contributed by atoms with E-state index in [4.69, 9.17) is 9.47 Å². The van der Waals surface area contributed by atoms with E-state index in [2.05, 4.69) is 20.8 Å². The lowest BCUT2D eigenvalue weighted by atomic mass is 9.80. The van der Waals surface area contributed by atoms with Crippen molar-refractivity contribution in [2.24, 2.45) is 0 Å². The second-order valence-electron chi connectivity index (χ2n) is 6.72. The Hall–Kier alpha value is -2.81. The number of carbonyl (C=O) groups is 2. The highest BCUT2D eigenvalue weighted by Crippen LogP contribution is 2.36. The van der Waals surface area contributed by atoms with Gasteiger partial charge in [-0.05, 0) is 42.3 Å². The minimum absolute atomic E-state index is 0.0688. The van der Waals surface area contributed by atoms with Crippen LogP contribution < -0.4 is 5.32 Å². The van der Waals surface area contributed by atoms with Crippen LogP contribution in [-0.4, -0.2) is 52.4 Å². The van der Waals surface area contributed by atoms with Gasteiger partial charge in [0.1, 0.15) is 0 Å². The average molecular weight is 387 g/mol. The van der Waals surface area contributed by atoms with E-state index < -0.39 is 11.5 Å². The van der Waals surface area contributed by atoms with E-state index in [9.17, 15) is 9.59 Å². The first-order chi connectivity index (χ1) is 13.6. The number of benzene rings is 1. The molecule has 1 saturated carbocycles. The second kappa shape index (κ2) is 8.92. The van der Waals surface area contributed by atoms with Crippen molar-refractivity contribution >= 4 is 11.9 Å². The number of aromatic nitrogens is 4. The molecule has 1 aliphatic rings. The highest BCUT2D eigenvalue weighted by molar-refractivity contribution is 5.93. The summed E-state index contributed by atoms with van der Waals surface area (Å²) in [6, 6.07) is 7.02. The number of carbonyl (C=O) groups excluding carboxylic acids is 2. The maximum Gasteiger partial charge on any atom is 0.340 e. The van der Waals surface area contributed by atoms with Crippen LogP contribution in [0.4, 0.5) is 0 Å². The van der Waals surface area contributed by atoms with Crippen molar-refractivity contribution in [3.05, 3.63) is 35.7 Å². The number of hydrogen-bond acceptors (Lipinski definition) is 8. The third-order valence-electron chi connectivity index (χ3n) is 5.02. The van der Waals surface area contributed by atoms with Crippen LogP contribution >= 0.6 is 0 Å². The van der Waals surface area contributed by atoms with E-state index in [1.807, 2.05) is 6.07 Å². The molecule has 0 spiro atoms. The number of ether oxygens (including phenoxy) is 2. The van der Waals surface area contributed by atoms with Crippen LogP contribution in [0.25, 0.3) is 5.69 Å². The quantitative estimate of drug-likeness (QED) is 0.716. The molecule has 1 aliphatic carbocycles. The summed E-state index contributed by atoms with van der Waals surface area (Å²) in [7, 11) is 1.34. The van der Waals surface area contributed by atoms with Gasteiger partial charge in [0.05, 0.1) is 37.1 Å². The zero-order chi connectivity index (χ0) is 20.0. The average Bonchev–Trinajstić information content (AvgIpc) is 3.23. The van der Waals surface area contributed by atoms with E-state index in [-0.39, 0.29) is 12.5 Å². The summed E-state index contributed by atoms with van der Waals surface area (Å²) in [5, 5.41) is 15.6. The van der Waals surface area contributed by atoms with Crippen LogP contribution in [0.3, 0.4) is 0 Å². The van der Waals surface area contributed by atoms with E-state index in [1.165, 1.54) is 7.11 Å². The Bertz CT molecular complexity index is 829. The Morgan fingerprint density at radius 1 is 1.21 bits per heavy atom. The minimum Gasteiger partial charge on any atom is -0.465 e. The Kier molecular flexibility index (Phi) is 6.35. The lowest BCUT2D eigenvalue weighted by Gasteiger charge is -2.36. The topological polar surface area (TPSA) is 108 Å². The molecule has 0 bridgehead atoms. The fourth-order valence-corrected chi connectivity index (χ4v) is 3.68. The minimum atomic E-state index is -0.572. The first-order valence-corrected chi connectivity index (χ1v) is 9.48. The van der Waals surface area contributed by atoms with Crippen LogP contribution in [-0.2, 0) is 19.8 Å². The number of tetrazole rings is 1. The Labute approximate surface area is 163 Å². The second-order valence-corrected chi connectivity index (χ2v) is 6.72. The molecule has 0 aliphatic heterocycles. The first-order valence-electron chi connectivity index (χ1n) is 9.48. The number of nitrogens with one attached hydrogen (secondary N) is 1. The number of para-hydroxylation sites is 1. The van der Waals surface area contributed by atoms with Gasteiger partial charge in [-0.2, -0.15) is 4.68 Å². The van der Waals surface area contributed by atoms with Crippen molar-refractivity contribution in [1.82, 2.24) is 25.5 Å².